The van der Waals surface area contributed by atoms with Gasteiger partial charge in [0.05, 0.1) is 5.92 Å². The number of nitrogens with one attached hydrogen (secondary N) is 1. The van der Waals surface area contributed by atoms with Crippen LogP contribution in [0.15, 0.2) is 0 Å². The van der Waals surface area contributed by atoms with E-state index in [4.69, 9.17) is 5.11 Å². The Morgan fingerprint density at radius 1 is 1.22 bits per heavy atom. The van der Waals surface area contributed by atoms with Crippen LogP contribution in [-0.4, -0.2) is 47.6 Å². The SMILES string of the molecule is CC(=O)NCC1CCN(C2CCC2C(=O)O)CC1. The normalized spacial score (nSPS) is 29.6. The van der Waals surface area contributed by atoms with Gasteiger partial charge in [0.25, 0.3) is 0 Å². The first kappa shape index (κ1) is 13.3. The summed E-state index contributed by atoms with van der Waals surface area (Å²) in [6, 6.07) is 0.254. The number of amides is 1. The number of piperidine rings is 1. The predicted octanol–water partition coefficient (Wildman–Crippen LogP) is 0.698. The molecule has 0 radical (unpaired) electrons. The molecule has 18 heavy (non-hydrogen) atoms. The number of likely N-dealkylation sites (tertiary alicyclic amines) is 1. The molecule has 0 aromatic carbocycles. The summed E-state index contributed by atoms with van der Waals surface area (Å²) >= 11 is 0. The van der Waals surface area contributed by atoms with E-state index in [-0.39, 0.29) is 17.9 Å². The Kier molecular flexibility index (Phi) is 4.22. The fourth-order valence-corrected chi connectivity index (χ4v) is 2.98. The lowest BCUT2D eigenvalue weighted by atomic mass is 9.77. The van der Waals surface area contributed by atoms with E-state index in [2.05, 4.69) is 10.2 Å². The molecule has 0 aromatic rings. The quantitative estimate of drug-likeness (QED) is 0.774. The first-order valence-electron chi connectivity index (χ1n) is 6.79. The standard InChI is InChI=1S/C13H22N2O3/c1-9(16)14-8-10-4-6-15(7-5-10)12-3-2-11(12)13(17)18/h10-12H,2-8H2,1H3,(H,14,16)(H,17,18). The van der Waals surface area contributed by atoms with Crippen molar-refractivity contribution in [1.29, 1.82) is 0 Å². The van der Waals surface area contributed by atoms with Crippen molar-refractivity contribution in [2.24, 2.45) is 11.8 Å². The van der Waals surface area contributed by atoms with E-state index in [9.17, 15) is 9.59 Å². The molecule has 1 saturated heterocycles. The molecule has 1 amide bonds. The number of hydrogen-bond donors (Lipinski definition) is 2. The minimum absolute atomic E-state index is 0.0300. The van der Waals surface area contributed by atoms with E-state index in [0.717, 1.165) is 45.3 Å². The fourth-order valence-electron chi connectivity index (χ4n) is 2.98. The summed E-state index contributed by atoms with van der Waals surface area (Å²) in [4.78, 5) is 24.2. The monoisotopic (exact) mass is 254 g/mol. The molecule has 2 unspecified atom stereocenters. The van der Waals surface area contributed by atoms with Crippen LogP contribution in [0.1, 0.15) is 32.6 Å². The average molecular weight is 254 g/mol. The highest BCUT2D eigenvalue weighted by Gasteiger charge is 2.41. The van der Waals surface area contributed by atoms with Crippen molar-refractivity contribution < 1.29 is 14.7 Å². The Labute approximate surface area is 108 Å². The Hall–Kier alpha value is -1.10. The van der Waals surface area contributed by atoms with Crippen LogP contribution in [0, 0.1) is 11.8 Å². The van der Waals surface area contributed by atoms with Crippen LogP contribution >= 0.6 is 0 Å². The summed E-state index contributed by atoms with van der Waals surface area (Å²) in [5, 5.41) is 11.9. The number of nitrogens with zero attached hydrogens (tertiary/aromatic N) is 1. The van der Waals surface area contributed by atoms with Crippen molar-refractivity contribution in [2.45, 2.75) is 38.6 Å². The Balaban J connectivity index is 1.73. The third-order valence-corrected chi connectivity index (χ3v) is 4.31. The molecule has 5 heteroatoms. The van der Waals surface area contributed by atoms with Crippen LogP contribution in [0.4, 0.5) is 0 Å². The number of hydrogen-bond acceptors (Lipinski definition) is 3. The number of carboxylic acids is 1. The second-order valence-corrected chi connectivity index (χ2v) is 5.51. The number of carboxylic acid groups (broad SMARTS) is 1. The van der Waals surface area contributed by atoms with Gasteiger partial charge in [0, 0.05) is 19.5 Å². The molecule has 0 spiro atoms. The third kappa shape index (κ3) is 3.02. The molecule has 2 rings (SSSR count). The van der Waals surface area contributed by atoms with E-state index < -0.39 is 5.97 Å². The highest BCUT2D eigenvalue weighted by Crippen LogP contribution is 2.34. The lowest BCUT2D eigenvalue weighted by Crippen LogP contribution is -2.53. The molecule has 2 N–H and O–H groups in total. The van der Waals surface area contributed by atoms with E-state index in [1.54, 1.807) is 6.92 Å². The number of rotatable bonds is 4. The Morgan fingerprint density at radius 2 is 1.89 bits per heavy atom. The maximum atomic E-state index is 11.0. The molecule has 2 aliphatic rings. The van der Waals surface area contributed by atoms with Gasteiger partial charge in [-0.2, -0.15) is 0 Å². The molecule has 1 aliphatic heterocycles. The molecule has 1 aliphatic carbocycles. The molecule has 2 fully saturated rings. The molecule has 0 aromatic heterocycles. The van der Waals surface area contributed by atoms with E-state index in [1.165, 1.54) is 0 Å². The molecular formula is C13H22N2O3. The Morgan fingerprint density at radius 3 is 2.33 bits per heavy atom. The van der Waals surface area contributed by atoms with Crippen molar-refractivity contribution in [3.8, 4) is 0 Å². The van der Waals surface area contributed by atoms with Gasteiger partial charge >= 0.3 is 5.97 Å². The van der Waals surface area contributed by atoms with Gasteiger partial charge in [-0.05, 0) is 44.7 Å². The second kappa shape index (κ2) is 5.69. The summed E-state index contributed by atoms with van der Waals surface area (Å²) in [6.07, 6.45) is 3.96. The lowest BCUT2D eigenvalue weighted by Gasteiger charge is -2.45. The van der Waals surface area contributed by atoms with Crippen LogP contribution < -0.4 is 5.32 Å². The second-order valence-electron chi connectivity index (χ2n) is 5.51. The van der Waals surface area contributed by atoms with E-state index >= 15 is 0 Å². The van der Waals surface area contributed by atoms with Crippen LogP contribution in [0.25, 0.3) is 0 Å². The van der Waals surface area contributed by atoms with Gasteiger partial charge in [0.15, 0.2) is 0 Å². The zero-order chi connectivity index (χ0) is 13.1. The summed E-state index contributed by atoms with van der Waals surface area (Å²) in [5.41, 5.74) is 0. The summed E-state index contributed by atoms with van der Waals surface area (Å²) in [7, 11) is 0. The van der Waals surface area contributed by atoms with Crippen molar-refractivity contribution >= 4 is 11.9 Å². The highest BCUT2D eigenvalue weighted by molar-refractivity contribution is 5.72. The highest BCUT2D eigenvalue weighted by atomic mass is 16.4. The van der Waals surface area contributed by atoms with Crippen molar-refractivity contribution in [3.05, 3.63) is 0 Å². The van der Waals surface area contributed by atoms with Gasteiger partial charge < -0.3 is 10.4 Å². The fraction of sp³-hybridized carbons (Fsp3) is 0.846. The summed E-state index contributed by atoms with van der Waals surface area (Å²) in [6.45, 7) is 4.24. The van der Waals surface area contributed by atoms with Crippen molar-refractivity contribution in [2.75, 3.05) is 19.6 Å². The van der Waals surface area contributed by atoms with Crippen LogP contribution in [-0.2, 0) is 9.59 Å². The zero-order valence-electron chi connectivity index (χ0n) is 10.9. The molecule has 1 saturated carbocycles. The minimum atomic E-state index is -0.647. The Bertz CT molecular complexity index is 324. The molecular weight excluding hydrogens is 232 g/mol. The van der Waals surface area contributed by atoms with Crippen molar-refractivity contribution in [1.82, 2.24) is 10.2 Å². The van der Waals surface area contributed by atoms with Crippen molar-refractivity contribution in [3.63, 3.8) is 0 Å². The molecule has 0 bridgehead atoms. The average Bonchev–Trinajstić information content (AvgIpc) is 2.25. The van der Waals surface area contributed by atoms with Gasteiger partial charge in [-0.25, -0.2) is 0 Å². The number of carbonyl (C=O) groups is 2. The lowest BCUT2D eigenvalue weighted by molar-refractivity contribution is -0.149. The van der Waals surface area contributed by atoms with Gasteiger partial charge in [0.2, 0.25) is 5.91 Å². The minimum Gasteiger partial charge on any atom is -0.481 e. The third-order valence-electron chi connectivity index (χ3n) is 4.31. The largest absolute Gasteiger partial charge is 0.481 e. The number of carbonyl (C=O) groups excluding carboxylic acids is 1. The molecule has 2 atom stereocenters. The molecule has 1 heterocycles. The van der Waals surface area contributed by atoms with Gasteiger partial charge in [-0.1, -0.05) is 0 Å². The summed E-state index contributed by atoms with van der Waals surface area (Å²) in [5.74, 6) is -0.223. The first-order valence-corrected chi connectivity index (χ1v) is 6.79. The number of aliphatic carboxylic acids is 1. The van der Waals surface area contributed by atoms with Gasteiger partial charge in [-0.3, -0.25) is 14.5 Å². The predicted molar refractivity (Wildman–Crippen MR) is 67.1 cm³/mol. The first-order chi connectivity index (χ1) is 8.58. The zero-order valence-corrected chi connectivity index (χ0v) is 10.9. The van der Waals surface area contributed by atoms with Gasteiger partial charge in [0.1, 0.15) is 0 Å². The smallest absolute Gasteiger partial charge is 0.308 e. The molecule has 102 valence electrons. The maximum Gasteiger partial charge on any atom is 0.308 e. The molecule has 5 nitrogen and oxygen atoms in total. The van der Waals surface area contributed by atoms with E-state index in [1.807, 2.05) is 0 Å². The van der Waals surface area contributed by atoms with E-state index in [0.29, 0.717) is 5.92 Å². The van der Waals surface area contributed by atoms with Crippen LogP contribution in [0.5, 0.6) is 0 Å². The van der Waals surface area contributed by atoms with Crippen LogP contribution in [0.3, 0.4) is 0 Å². The topological polar surface area (TPSA) is 69.6 Å². The summed E-state index contributed by atoms with van der Waals surface area (Å²) < 4.78 is 0. The van der Waals surface area contributed by atoms with Gasteiger partial charge in [-0.15, -0.1) is 0 Å². The van der Waals surface area contributed by atoms with Crippen LogP contribution in [0.2, 0.25) is 0 Å². The maximum absolute atomic E-state index is 11.0.